The normalized spacial score (nSPS) is 17.2. The summed E-state index contributed by atoms with van der Waals surface area (Å²) < 4.78 is 0.975. The van der Waals surface area contributed by atoms with Crippen LogP contribution in [-0.4, -0.2) is 23.3 Å². The number of unbranched alkanes of at least 4 members (excludes halogenated alkanes) is 1. The first-order valence-electron chi connectivity index (χ1n) is 8.08. The van der Waals surface area contributed by atoms with Gasteiger partial charge in [0, 0.05) is 10.1 Å². The van der Waals surface area contributed by atoms with Crippen molar-refractivity contribution in [2.24, 2.45) is 0 Å². The van der Waals surface area contributed by atoms with Gasteiger partial charge < -0.3 is 10.2 Å². The standard InChI is InChI=1S/C19H19IN2O2/c1-2-3-11-22-17(13-7-5-4-6-8-13)18(23)21-16-10-9-14(20)12-15(16)19(22)24/h4-10,12,17H,2-3,11H2,1H3,(H,21,23)/t17-/m0/s1. The van der Waals surface area contributed by atoms with Crippen LogP contribution in [0.3, 0.4) is 0 Å². The van der Waals surface area contributed by atoms with Crippen LogP contribution in [0.25, 0.3) is 0 Å². The molecule has 3 rings (SSSR count). The van der Waals surface area contributed by atoms with Crippen LogP contribution in [0, 0.1) is 3.57 Å². The summed E-state index contributed by atoms with van der Waals surface area (Å²) >= 11 is 2.18. The van der Waals surface area contributed by atoms with Crippen molar-refractivity contribution in [1.82, 2.24) is 4.90 Å². The summed E-state index contributed by atoms with van der Waals surface area (Å²) in [6, 6.07) is 14.4. The molecule has 0 fully saturated rings. The molecule has 124 valence electrons. The SMILES string of the molecule is CCCCN1C(=O)c2cc(I)ccc2NC(=O)[C@@H]1c1ccccc1. The van der Waals surface area contributed by atoms with E-state index < -0.39 is 6.04 Å². The number of hydrogen-bond acceptors (Lipinski definition) is 2. The molecule has 4 nitrogen and oxygen atoms in total. The van der Waals surface area contributed by atoms with Crippen molar-refractivity contribution in [2.75, 3.05) is 11.9 Å². The Hall–Kier alpha value is -1.89. The molecular formula is C19H19IN2O2. The zero-order valence-electron chi connectivity index (χ0n) is 13.5. The molecule has 0 aliphatic carbocycles. The van der Waals surface area contributed by atoms with Gasteiger partial charge in [-0.05, 0) is 52.8 Å². The maximum atomic E-state index is 13.2. The van der Waals surface area contributed by atoms with Gasteiger partial charge in [0.15, 0.2) is 0 Å². The van der Waals surface area contributed by atoms with Crippen molar-refractivity contribution in [2.45, 2.75) is 25.8 Å². The van der Waals surface area contributed by atoms with Crippen LogP contribution < -0.4 is 5.32 Å². The predicted octanol–water partition coefficient (Wildman–Crippen LogP) is 4.23. The fourth-order valence-electron chi connectivity index (χ4n) is 2.94. The van der Waals surface area contributed by atoms with Crippen LogP contribution in [0.2, 0.25) is 0 Å². The number of carbonyl (C=O) groups is 2. The Kier molecular flexibility index (Phi) is 5.18. The summed E-state index contributed by atoms with van der Waals surface area (Å²) in [4.78, 5) is 27.7. The second-order valence-electron chi connectivity index (χ2n) is 5.84. The lowest BCUT2D eigenvalue weighted by Crippen LogP contribution is -2.39. The zero-order valence-corrected chi connectivity index (χ0v) is 15.6. The van der Waals surface area contributed by atoms with Gasteiger partial charge in [0.1, 0.15) is 6.04 Å². The molecule has 2 aromatic carbocycles. The number of halogens is 1. The molecule has 1 aliphatic heterocycles. The van der Waals surface area contributed by atoms with E-state index in [2.05, 4.69) is 34.8 Å². The summed E-state index contributed by atoms with van der Waals surface area (Å²) in [6.07, 6.45) is 1.83. The van der Waals surface area contributed by atoms with Crippen molar-refractivity contribution < 1.29 is 9.59 Å². The molecule has 24 heavy (non-hydrogen) atoms. The predicted molar refractivity (Wildman–Crippen MR) is 103 cm³/mol. The third kappa shape index (κ3) is 3.31. The Bertz CT molecular complexity index is 761. The molecule has 0 saturated heterocycles. The third-order valence-corrected chi connectivity index (χ3v) is 4.83. The Labute approximate surface area is 155 Å². The average Bonchev–Trinajstić information content (AvgIpc) is 2.69. The van der Waals surface area contributed by atoms with Crippen molar-refractivity contribution in [3.8, 4) is 0 Å². The largest absolute Gasteiger partial charge is 0.323 e. The number of anilines is 1. The van der Waals surface area contributed by atoms with E-state index in [1.54, 1.807) is 11.0 Å². The lowest BCUT2D eigenvalue weighted by atomic mass is 10.0. The molecule has 1 atom stereocenters. The van der Waals surface area contributed by atoms with Crippen molar-refractivity contribution in [1.29, 1.82) is 0 Å². The third-order valence-electron chi connectivity index (χ3n) is 4.16. The van der Waals surface area contributed by atoms with Crippen LogP contribution in [0.5, 0.6) is 0 Å². The lowest BCUT2D eigenvalue weighted by Gasteiger charge is -2.29. The number of hydrogen-bond donors (Lipinski definition) is 1. The molecule has 1 heterocycles. The number of fused-ring (bicyclic) bond motifs is 1. The number of nitrogens with one attached hydrogen (secondary N) is 1. The highest BCUT2D eigenvalue weighted by Gasteiger charge is 2.36. The fraction of sp³-hybridized carbons (Fsp3) is 0.263. The van der Waals surface area contributed by atoms with Gasteiger partial charge in [-0.15, -0.1) is 0 Å². The van der Waals surface area contributed by atoms with E-state index in [9.17, 15) is 9.59 Å². The van der Waals surface area contributed by atoms with Crippen LogP contribution in [0.1, 0.15) is 41.7 Å². The van der Waals surface area contributed by atoms with E-state index in [-0.39, 0.29) is 11.8 Å². The van der Waals surface area contributed by atoms with Gasteiger partial charge >= 0.3 is 0 Å². The van der Waals surface area contributed by atoms with E-state index in [0.29, 0.717) is 17.8 Å². The molecule has 2 aromatic rings. The van der Waals surface area contributed by atoms with E-state index in [1.165, 1.54) is 0 Å². The highest BCUT2D eigenvalue weighted by atomic mass is 127. The monoisotopic (exact) mass is 434 g/mol. The number of carbonyl (C=O) groups excluding carboxylic acids is 2. The topological polar surface area (TPSA) is 49.4 Å². The van der Waals surface area contributed by atoms with Gasteiger partial charge in [0.25, 0.3) is 11.8 Å². The minimum absolute atomic E-state index is 0.0934. The van der Waals surface area contributed by atoms with E-state index in [1.807, 2.05) is 42.5 Å². The molecule has 0 aromatic heterocycles. The first-order valence-corrected chi connectivity index (χ1v) is 9.16. The molecule has 1 aliphatic rings. The molecule has 0 unspecified atom stereocenters. The lowest BCUT2D eigenvalue weighted by molar-refractivity contribution is -0.120. The van der Waals surface area contributed by atoms with Gasteiger partial charge in [-0.2, -0.15) is 0 Å². The average molecular weight is 434 g/mol. The smallest absolute Gasteiger partial charge is 0.256 e. The highest BCUT2D eigenvalue weighted by molar-refractivity contribution is 14.1. The summed E-state index contributed by atoms with van der Waals surface area (Å²) in [5, 5.41) is 2.93. The molecule has 0 spiro atoms. The minimum atomic E-state index is -0.602. The minimum Gasteiger partial charge on any atom is -0.323 e. The Morgan fingerprint density at radius 3 is 2.58 bits per heavy atom. The Morgan fingerprint density at radius 1 is 1.12 bits per heavy atom. The van der Waals surface area contributed by atoms with Gasteiger partial charge in [-0.3, -0.25) is 9.59 Å². The number of benzene rings is 2. The van der Waals surface area contributed by atoms with E-state index in [4.69, 9.17) is 0 Å². The summed E-state index contributed by atoms with van der Waals surface area (Å²) in [6.45, 7) is 2.64. The van der Waals surface area contributed by atoms with E-state index >= 15 is 0 Å². The fourth-order valence-corrected chi connectivity index (χ4v) is 3.43. The van der Waals surface area contributed by atoms with Crippen LogP contribution in [-0.2, 0) is 4.79 Å². The maximum absolute atomic E-state index is 13.2. The van der Waals surface area contributed by atoms with E-state index in [0.717, 1.165) is 22.0 Å². The highest BCUT2D eigenvalue weighted by Crippen LogP contribution is 2.31. The van der Waals surface area contributed by atoms with Crippen molar-refractivity contribution >= 4 is 40.1 Å². The molecular weight excluding hydrogens is 415 g/mol. The quantitative estimate of drug-likeness (QED) is 0.733. The summed E-state index contributed by atoms with van der Waals surface area (Å²) in [5.74, 6) is -0.255. The van der Waals surface area contributed by atoms with Gasteiger partial charge in [-0.1, -0.05) is 43.7 Å². The van der Waals surface area contributed by atoms with Crippen LogP contribution >= 0.6 is 22.6 Å². The van der Waals surface area contributed by atoms with Crippen LogP contribution in [0.4, 0.5) is 5.69 Å². The second-order valence-corrected chi connectivity index (χ2v) is 7.09. The molecule has 0 radical (unpaired) electrons. The van der Waals surface area contributed by atoms with Crippen molar-refractivity contribution in [3.05, 3.63) is 63.2 Å². The Balaban J connectivity index is 2.09. The number of rotatable bonds is 4. The number of nitrogens with zero attached hydrogens (tertiary/aromatic N) is 1. The molecule has 0 bridgehead atoms. The summed E-state index contributed by atoms with van der Waals surface area (Å²) in [7, 11) is 0. The van der Waals surface area contributed by atoms with Gasteiger partial charge in [0.05, 0.1) is 11.3 Å². The summed E-state index contributed by atoms with van der Waals surface area (Å²) in [5.41, 5.74) is 1.98. The molecule has 2 amide bonds. The molecule has 1 N–H and O–H groups in total. The maximum Gasteiger partial charge on any atom is 0.256 e. The van der Waals surface area contributed by atoms with Gasteiger partial charge in [0.2, 0.25) is 0 Å². The Morgan fingerprint density at radius 2 is 1.88 bits per heavy atom. The van der Waals surface area contributed by atoms with Crippen molar-refractivity contribution in [3.63, 3.8) is 0 Å². The second kappa shape index (κ2) is 7.34. The first-order chi connectivity index (χ1) is 11.6. The first kappa shape index (κ1) is 17.0. The van der Waals surface area contributed by atoms with Gasteiger partial charge in [-0.25, -0.2) is 0 Å². The number of amides is 2. The molecule has 5 heteroatoms. The van der Waals surface area contributed by atoms with Crippen LogP contribution in [0.15, 0.2) is 48.5 Å². The zero-order chi connectivity index (χ0) is 17.1. The molecule has 0 saturated carbocycles.